The summed E-state index contributed by atoms with van der Waals surface area (Å²) in [6, 6.07) is 17.3. The van der Waals surface area contributed by atoms with Gasteiger partial charge in [0.15, 0.2) is 5.16 Å². The van der Waals surface area contributed by atoms with Gasteiger partial charge in [-0.25, -0.2) is 4.98 Å². The molecule has 3 aromatic rings. The van der Waals surface area contributed by atoms with Gasteiger partial charge in [-0.15, -0.1) is 0 Å². The molecule has 0 radical (unpaired) electrons. The molecule has 0 bridgehead atoms. The zero-order valence-corrected chi connectivity index (χ0v) is 17.4. The van der Waals surface area contributed by atoms with Gasteiger partial charge >= 0.3 is 0 Å². The summed E-state index contributed by atoms with van der Waals surface area (Å²) in [5.41, 5.74) is 1.63. The fourth-order valence-corrected chi connectivity index (χ4v) is 4.54. The van der Waals surface area contributed by atoms with Crippen molar-refractivity contribution < 1.29 is 4.79 Å². The predicted molar refractivity (Wildman–Crippen MR) is 117 cm³/mol. The second-order valence-electron chi connectivity index (χ2n) is 7.64. The number of piperidine rings is 1. The molecule has 6 heteroatoms. The van der Waals surface area contributed by atoms with Gasteiger partial charge in [0, 0.05) is 13.1 Å². The van der Waals surface area contributed by atoms with Crippen molar-refractivity contribution in [2.24, 2.45) is 5.92 Å². The maximum absolute atomic E-state index is 13.2. The molecule has 5 nitrogen and oxygen atoms in total. The number of aromatic nitrogens is 2. The number of rotatable bonds is 5. The second-order valence-corrected chi connectivity index (χ2v) is 8.58. The summed E-state index contributed by atoms with van der Waals surface area (Å²) >= 11 is 1.36. The normalized spacial score (nSPS) is 15.0. The van der Waals surface area contributed by atoms with Gasteiger partial charge < -0.3 is 4.90 Å². The Balaban J connectivity index is 1.60. The maximum Gasteiger partial charge on any atom is 0.262 e. The van der Waals surface area contributed by atoms with Crippen molar-refractivity contribution in [2.75, 3.05) is 18.8 Å². The molecule has 0 atom stereocenters. The van der Waals surface area contributed by atoms with Crippen LogP contribution in [-0.2, 0) is 11.3 Å². The summed E-state index contributed by atoms with van der Waals surface area (Å²) in [6.07, 6.45) is 2.12. The Bertz CT molecular complexity index is 1060. The molecule has 150 valence electrons. The van der Waals surface area contributed by atoms with E-state index in [-0.39, 0.29) is 11.5 Å². The van der Waals surface area contributed by atoms with Gasteiger partial charge in [-0.1, -0.05) is 61.2 Å². The van der Waals surface area contributed by atoms with E-state index in [1.54, 1.807) is 10.6 Å². The van der Waals surface area contributed by atoms with E-state index in [9.17, 15) is 9.59 Å². The Hall–Kier alpha value is -2.60. The van der Waals surface area contributed by atoms with Gasteiger partial charge in [0.25, 0.3) is 5.56 Å². The number of hydrogen-bond donors (Lipinski definition) is 0. The van der Waals surface area contributed by atoms with Gasteiger partial charge in [0.2, 0.25) is 5.91 Å². The summed E-state index contributed by atoms with van der Waals surface area (Å²) < 4.78 is 1.69. The van der Waals surface area contributed by atoms with Gasteiger partial charge in [-0.3, -0.25) is 14.2 Å². The molecule has 1 aliphatic heterocycles. The maximum atomic E-state index is 13.2. The summed E-state index contributed by atoms with van der Waals surface area (Å²) in [7, 11) is 0. The van der Waals surface area contributed by atoms with E-state index in [0.29, 0.717) is 34.3 Å². The van der Waals surface area contributed by atoms with Crippen LogP contribution in [-0.4, -0.2) is 39.2 Å². The summed E-state index contributed by atoms with van der Waals surface area (Å²) in [5.74, 6) is 1.11. The Labute approximate surface area is 174 Å². The number of amides is 1. The molecule has 4 rings (SSSR count). The third-order valence-corrected chi connectivity index (χ3v) is 6.43. The minimum absolute atomic E-state index is 0.0683. The van der Waals surface area contributed by atoms with Gasteiger partial charge in [-0.05, 0) is 36.5 Å². The second kappa shape index (κ2) is 8.82. The molecule has 1 fully saturated rings. The molecule has 0 aliphatic carbocycles. The van der Waals surface area contributed by atoms with Gasteiger partial charge in [0.05, 0.1) is 23.2 Å². The lowest BCUT2D eigenvalue weighted by Crippen LogP contribution is -2.39. The highest BCUT2D eigenvalue weighted by Gasteiger charge is 2.21. The van der Waals surface area contributed by atoms with E-state index in [1.165, 1.54) is 11.8 Å². The van der Waals surface area contributed by atoms with Crippen molar-refractivity contribution in [1.29, 1.82) is 0 Å². The number of hydrogen-bond acceptors (Lipinski definition) is 4. The summed E-state index contributed by atoms with van der Waals surface area (Å²) in [5, 5.41) is 1.19. The third-order valence-electron chi connectivity index (χ3n) is 5.47. The number of thioether (sulfide) groups is 1. The highest BCUT2D eigenvalue weighted by atomic mass is 32.2. The van der Waals surface area contributed by atoms with Crippen molar-refractivity contribution >= 4 is 28.6 Å². The quantitative estimate of drug-likeness (QED) is 0.477. The fourth-order valence-electron chi connectivity index (χ4n) is 3.64. The van der Waals surface area contributed by atoms with Crippen LogP contribution in [0, 0.1) is 5.92 Å². The average Bonchev–Trinajstić information content (AvgIpc) is 2.75. The molecule has 0 unspecified atom stereocenters. The van der Waals surface area contributed by atoms with Crippen LogP contribution >= 0.6 is 11.8 Å². The molecule has 29 heavy (non-hydrogen) atoms. The van der Waals surface area contributed by atoms with Crippen molar-refractivity contribution in [2.45, 2.75) is 31.5 Å². The van der Waals surface area contributed by atoms with Crippen LogP contribution in [0.3, 0.4) is 0 Å². The number of fused-ring (bicyclic) bond motifs is 1. The number of likely N-dealkylation sites (tertiary alicyclic amines) is 1. The standard InChI is InChI=1S/C23H25N3O2S/c1-17-11-13-25(14-12-17)21(27)16-29-23-24-20-10-6-5-9-19(20)22(28)26(23)15-18-7-3-2-4-8-18/h2-10,17H,11-16H2,1H3. The lowest BCUT2D eigenvalue weighted by molar-refractivity contribution is -0.129. The predicted octanol–water partition coefficient (Wildman–Crippen LogP) is 3.80. The average molecular weight is 408 g/mol. The Morgan fingerprint density at radius 3 is 2.52 bits per heavy atom. The molecule has 0 saturated carbocycles. The Kier molecular flexibility index (Phi) is 6.00. The summed E-state index contributed by atoms with van der Waals surface area (Å²) in [4.78, 5) is 32.5. The lowest BCUT2D eigenvalue weighted by atomic mass is 9.99. The van der Waals surface area contributed by atoms with Crippen molar-refractivity contribution in [3.8, 4) is 0 Å². The van der Waals surface area contributed by atoms with Crippen LogP contribution in [0.15, 0.2) is 64.5 Å². The van der Waals surface area contributed by atoms with Crippen LogP contribution in [0.1, 0.15) is 25.3 Å². The van der Waals surface area contributed by atoms with E-state index in [4.69, 9.17) is 4.98 Å². The largest absolute Gasteiger partial charge is 0.342 e. The minimum atomic E-state index is -0.0683. The van der Waals surface area contributed by atoms with Gasteiger partial charge in [-0.2, -0.15) is 0 Å². The first kappa shape index (κ1) is 19.7. The smallest absolute Gasteiger partial charge is 0.262 e. The number of para-hydroxylation sites is 1. The van der Waals surface area contributed by atoms with Crippen LogP contribution in [0.25, 0.3) is 10.9 Å². The van der Waals surface area contributed by atoms with E-state index in [1.807, 2.05) is 53.4 Å². The minimum Gasteiger partial charge on any atom is -0.342 e. The van der Waals surface area contributed by atoms with Crippen LogP contribution in [0.5, 0.6) is 0 Å². The zero-order chi connectivity index (χ0) is 20.2. The number of carbonyl (C=O) groups excluding carboxylic acids is 1. The molecule has 0 N–H and O–H groups in total. The highest BCUT2D eigenvalue weighted by Crippen LogP contribution is 2.21. The number of nitrogens with zero attached hydrogens (tertiary/aromatic N) is 3. The first-order valence-corrected chi connectivity index (χ1v) is 11.0. The first-order chi connectivity index (χ1) is 14.1. The van der Waals surface area contributed by atoms with Crippen LogP contribution < -0.4 is 5.56 Å². The Morgan fingerprint density at radius 2 is 1.76 bits per heavy atom. The van der Waals surface area contributed by atoms with Crippen molar-refractivity contribution in [3.63, 3.8) is 0 Å². The van der Waals surface area contributed by atoms with Gasteiger partial charge in [0.1, 0.15) is 0 Å². The summed E-state index contributed by atoms with van der Waals surface area (Å²) in [6.45, 7) is 4.32. The Morgan fingerprint density at radius 1 is 1.07 bits per heavy atom. The number of carbonyl (C=O) groups is 1. The van der Waals surface area contributed by atoms with Crippen LogP contribution in [0.2, 0.25) is 0 Å². The molecule has 0 spiro atoms. The first-order valence-electron chi connectivity index (χ1n) is 10.1. The van der Waals surface area contributed by atoms with E-state index >= 15 is 0 Å². The van der Waals surface area contributed by atoms with Crippen molar-refractivity contribution in [1.82, 2.24) is 14.5 Å². The SMILES string of the molecule is CC1CCN(C(=O)CSc2nc3ccccc3c(=O)n2Cc2ccccc2)CC1. The van der Waals surface area contributed by atoms with E-state index in [2.05, 4.69) is 6.92 Å². The topological polar surface area (TPSA) is 55.2 Å². The zero-order valence-electron chi connectivity index (χ0n) is 16.6. The molecular formula is C23H25N3O2S. The monoisotopic (exact) mass is 407 g/mol. The fraction of sp³-hybridized carbons (Fsp3) is 0.348. The number of benzene rings is 2. The molecule has 2 aromatic carbocycles. The van der Waals surface area contributed by atoms with Crippen molar-refractivity contribution in [3.05, 3.63) is 70.5 Å². The molecule has 1 amide bonds. The van der Waals surface area contributed by atoms with E-state index < -0.39 is 0 Å². The van der Waals surface area contributed by atoms with Crippen LogP contribution in [0.4, 0.5) is 0 Å². The third kappa shape index (κ3) is 4.53. The van der Waals surface area contributed by atoms with E-state index in [0.717, 1.165) is 31.5 Å². The molecular weight excluding hydrogens is 382 g/mol. The molecule has 1 aliphatic rings. The lowest BCUT2D eigenvalue weighted by Gasteiger charge is -2.30. The molecule has 1 aromatic heterocycles. The molecule has 1 saturated heterocycles. The highest BCUT2D eigenvalue weighted by molar-refractivity contribution is 7.99. The molecule has 2 heterocycles.